The predicted molar refractivity (Wildman–Crippen MR) is 99.2 cm³/mol. The average molecular weight is 414 g/mol. The number of nitrogens with two attached hydrogens (primary N) is 1. The van der Waals surface area contributed by atoms with E-state index in [4.69, 9.17) is 5.73 Å². The minimum atomic E-state index is -4.41. The first-order valence-corrected chi connectivity index (χ1v) is 9.46. The van der Waals surface area contributed by atoms with E-state index in [2.05, 4.69) is 5.32 Å². The van der Waals surface area contributed by atoms with Crippen molar-refractivity contribution in [2.45, 2.75) is 50.0 Å². The Morgan fingerprint density at radius 3 is 2.48 bits per heavy atom. The van der Waals surface area contributed by atoms with E-state index in [9.17, 15) is 27.1 Å². The van der Waals surface area contributed by atoms with Crippen molar-refractivity contribution in [3.63, 3.8) is 0 Å². The molecular formula is C21H23F5N2O. The van der Waals surface area contributed by atoms with Crippen LogP contribution in [0.2, 0.25) is 0 Å². The van der Waals surface area contributed by atoms with Crippen LogP contribution in [0, 0.1) is 11.6 Å². The molecule has 29 heavy (non-hydrogen) atoms. The van der Waals surface area contributed by atoms with E-state index < -0.39 is 35.5 Å². The standard InChI is InChI=1S/C21H23F5N2O/c22-13-7-12(8-14(23)10-13)9-18(27)20(29)11-28-19-6-2-3-15-16(19)4-1-5-17(15)21(24,25)26/h1,4-5,7-8,10,18-20,28-29H,2-3,6,9,11,27H2/t18-,19-,20+/m0/s1. The van der Waals surface area contributed by atoms with Gasteiger partial charge in [0.25, 0.3) is 0 Å². The van der Waals surface area contributed by atoms with E-state index >= 15 is 0 Å². The second-order valence-electron chi connectivity index (χ2n) is 7.44. The monoisotopic (exact) mass is 414 g/mol. The van der Waals surface area contributed by atoms with Crippen LogP contribution in [0.4, 0.5) is 22.0 Å². The summed E-state index contributed by atoms with van der Waals surface area (Å²) in [4.78, 5) is 0. The maximum Gasteiger partial charge on any atom is 0.416 e. The van der Waals surface area contributed by atoms with Gasteiger partial charge in [0.05, 0.1) is 11.7 Å². The lowest BCUT2D eigenvalue weighted by molar-refractivity contribution is -0.138. The normalized spacial score (nSPS) is 18.9. The molecule has 0 aliphatic heterocycles. The summed E-state index contributed by atoms with van der Waals surface area (Å²) in [5.41, 5.74) is 6.54. The topological polar surface area (TPSA) is 58.3 Å². The molecule has 1 aliphatic carbocycles. The Morgan fingerprint density at radius 2 is 1.83 bits per heavy atom. The molecule has 3 nitrogen and oxygen atoms in total. The quantitative estimate of drug-likeness (QED) is 0.629. The third-order valence-electron chi connectivity index (χ3n) is 5.27. The molecule has 0 radical (unpaired) electrons. The number of aliphatic hydroxyl groups excluding tert-OH is 1. The second kappa shape index (κ2) is 8.77. The first kappa shape index (κ1) is 21.7. The Bertz CT molecular complexity index is 835. The number of benzene rings is 2. The smallest absolute Gasteiger partial charge is 0.390 e. The molecule has 8 heteroatoms. The van der Waals surface area contributed by atoms with E-state index in [1.165, 1.54) is 6.07 Å². The maximum absolute atomic E-state index is 13.3. The average Bonchev–Trinajstić information content (AvgIpc) is 2.63. The van der Waals surface area contributed by atoms with E-state index in [-0.39, 0.29) is 24.6 Å². The van der Waals surface area contributed by atoms with Crippen molar-refractivity contribution in [1.29, 1.82) is 0 Å². The third-order valence-corrected chi connectivity index (χ3v) is 5.27. The Morgan fingerprint density at radius 1 is 1.14 bits per heavy atom. The van der Waals surface area contributed by atoms with Gasteiger partial charge in [-0.1, -0.05) is 12.1 Å². The maximum atomic E-state index is 13.3. The molecule has 0 heterocycles. The number of nitrogens with one attached hydrogen (secondary N) is 1. The van der Waals surface area contributed by atoms with Crippen LogP contribution in [0.1, 0.15) is 41.1 Å². The first-order chi connectivity index (χ1) is 13.6. The number of alkyl halides is 3. The van der Waals surface area contributed by atoms with Gasteiger partial charge in [0.1, 0.15) is 11.6 Å². The molecule has 0 spiro atoms. The van der Waals surface area contributed by atoms with Crippen LogP contribution in [0.3, 0.4) is 0 Å². The third kappa shape index (κ3) is 5.32. The molecule has 0 aromatic heterocycles. The molecule has 0 saturated heterocycles. The van der Waals surface area contributed by atoms with E-state index in [0.717, 1.165) is 24.3 Å². The summed E-state index contributed by atoms with van der Waals surface area (Å²) in [7, 11) is 0. The van der Waals surface area contributed by atoms with Crippen molar-refractivity contribution in [3.8, 4) is 0 Å². The number of halogens is 5. The molecule has 2 aromatic carbocycles. The summed E-state index contributed by atoms with van der Waals surface area (Å²) in [6.07, 6.45) is -3.77. The minimum Gasteiger partial charge on any atom is -0.390 e. The summed E-state index contributed by atoms with van der Waals surface area (Å²) in [5.74, 6) is -1.45. The first-order valence-electron chi connectivity index (χ1n) is 9.46. The summed E-state index contributed by atoms with van der Waals surface area (Å²) < 4.78 is 66.4. The fourth-order valence-corrected chi connectivity index (χ4v) is 3.88. The Labute approximate surface area is 165 Å². The van der Waals surface area contributed by atoms with Gasteiger partial charge >= 0.3 is 6.18 Å². The molecule has 3 rings (SSSR count). The van der Waals surface area contributed by atoms with Gasteiger partial charge in [-0.3, -0.25) is 0 Å². The number of fused-ring (bicyclic) bond motifs is 1. The van der Waals surface area contributed by atoms with Crippen LogP contribution in [-0.4, -0.2) is 23.8 Å². The Kier molecular flexibility index (Phi) is 6.55. The van der Waals surface area contributed by atoms with Crippen LogP contribution >= 0.6 is 0 Å². The Hall–Kier alpha value is -2.03. The van der Waals surface area contributed by atoms with E-state index in [1.807, 2.05) is 0 Å². The molecular weight excluding hydrogens is 391 g/mol. The van der Waals surface area contributed by atoms with Gasteiger partial charge in [-0.25, -0.2) is 8.78 Å². The lowest BCUT2D eigenvalue weighted by Gasteiger charge is -2.30. The van der Waals surface area contributed by atoms with Crippen molar-refractivity contribution < 1.29 is 27.1 Å². The van der Waals surface area contributed by atoms with Gasteiger partial charge in [0.2, 0.25) is 0 Å². The highest BCUT2D eigenvalue weighted by molar-refractivity contribution is 5.40. The Balaban J connectivity index is 1.65. The van der Waals surface area contributed by atoms with Crippen LogP contribution in [0.25, 0.3) is 0 Å². The minimum absolute atomic E-state index is 0.0549. The van der Waals surface area contributed by atoms with Gasteiger partial charge in [-0.2, -0.15) is 13.2 Å². The summed E-state index contributed by atoms with van der Waals surface area (Å²) in [6, 6.07) is 6.10. The molecule has 1 aliphatic rings. The van der Waals surface area contributed by atoms with E-state index in [0.29, 0.717) is 30.4 Å². The fraction of sp³-hybridized carbons (Fsp3) is 0.429. The van der Waals surface area contributed by atoms with Gasteiger partial charge in [-0.15, -0.1) is 0 Å². The lowest BCUT2D eigenvalue weighted by Crippen LogP contribution is -2.44. The number of hydrogen-bond acceptors (Lipinski definition) is 3. The summed E-state index contributed by atoms with van der Waals surface area (Å²) in [5, 5.41) is 13.4. The molecule has 0 unspecified atom stereocenters. The highest BCUT2D eigenvalue weighted by Gasteiger charge is 2.36. The SMILES string of the molecule is N[C@@H](Cc1cc(F)cc(F)c1)[C@H](O)CN[C@H]1CCCc2c1cccc2C(F)(F)F. The summed E-state index contributed by atoms with van der Waals surface area (Å²) >= 11 is 0. The predicted octanol–water partition coefficient (Wildman–Crippen LogP) is 3.88. The molecule has 3 atom stereocenters. The van der Waals surface area contributed by atoms with Gasteiger partial charge in [0, 0.05) is 24.7 Å². The highest BCUT2D eigenvalue weighted by atomic mass is 19.4. The zero-order chi connectivity index (χ0) is 21.2. The molecule has 0 saturated carbocycles. The van der Waals surface area contributed by atoms with Crippen LogP contribution < -0.4 is 11.1 Å². The zero-order valence-electron chi connectivity index (χ0n) is 15.6. The van der Waals surface area contributed by atoms with Crippen molar-refractivity contribution in [1.82, 2.24) is 5.32 Å². The number of rotatable bonds is 6. The molecule has 0 amide bonds. The number of hydrogen-bond donors (Lipinski definition) is 3. The van der Waals surface area contributed by atoms with Gasteiger partial charge in [0.15, 0.2) is 0 Å². The fourth-order valence-electron chi connectivity index (χ4n) is 3.88. The van der Waals surface area contributed by atoms with E-state index in [1.54, 1.807) is 6.07 Å². The molecule has 2 aromatic rings. The van der Waals surface area contributed by atoms with Gasteiger partial charge in [-0.05, 0) is 60.6 Å². The van der Waals surface area contributed by atoms with Gasteiger partial charge < -0.3 is 16.2 Å². The molecule has 0 bridgehead atoms. The molecule has 158 valence electrons. The van der Waals surface area contributed by atoms with Crippen molar-refractivity contribution >= 4 is 0 Å². The summed E-state index contributed by atoms with van der Waals surface area (Å²) in [6.45, 7) is 0.0549. The molecule has 0 fully saturated rings. The van der Waals surface area contributed by atoms with Crippen molar-refractivity contribution in [3.05, 3.63) is 70.3 Å². The number of aliphatic hydroxyl groups is 1. The van der Waals surface area contributed by atoms with Crippen molar-refractivity contribution in [2.24, 2.45) is 5.73 Å². The molecule has 4 N–H and O–H groups in total. The largest absolute Gasteiger partial charge is 0.416 e. The zero-order valence-corrected chi connectivity index (χ0v) is 15.6. The van der Waals surface area contributed by atoms with Crippen LogP contribution in [0.5, 0.6) is 0 Å². The second-order valence-corrected chi connectivity index (χ2v) is 7.44. The van der Waals surface area contributed by atoms with Crippen LogP contribution in [-0.2, 0) is 19.0 Å². The highest BCUT2D eigenvalue weighted by Crippen LogP contribution is 2.39. The van der Waals surface area contributed by atoms with Crippen molar-refractivity contribution in [2.75, 3.05) is 6.54 Å². The lowest BCUT2D eigenvalue weighted by atomic mass is 9.84. The van der Waals surface area contributed by atoms with Crippen LogP contribution in [0.15, 0.2) is 36.4 Å².